The molecule has 26 heavy (non-hydrogen) atoms. The van der Waals surface area contributed by atoms with Crippen LogP contribution >= 0.6 is 38.9 Å². The van der Waals surface area contributed by atoms with Crippen molar-refractivity contribution >= 4 is 49.9 Å². The zero-order valence-electron chi connectivity index (χ0n) is 13.9. The van der Waals surface area contributed by atoms with Gasteiger partial charge in [-0.3, -0.25) is 10.1 Å². The van der Waals surface area contributed by atoms with Crippen molar-refractivity contribution in [2.24, 2.45) is 0 Å². The van der Waals surface area contributed by atoms with Crippen LogP contribution in [0.2, 0.25) is 5.02 Å². The Bertz CT molecular complexity index is 961. The molecule has 1 N–H and O–H groups in total. The molecule has 2 aromatic carbocycles. The van der Waals surface area contributed by atoms with Crippen molar-refractivity contribution in [1.82, 2.24) is 4.98 Å². The van der Waals surface area contributed by atoms with Gasteiger partial charge in [0.2, 0.25) is 0 Å². The summed E-state index contributed by atoms with van der Waals surface area (Å²) >= 11 is 10.8. The fourth-order valence-electron chi connectivity index (χ4n) is 2.30. The van der Waals surface area contributed by atoms with Crippen molar-refractivity contribution in [2.75, 3.05) is 19.5 Å². The smallest absolute Gasteiger partial charge is 0.258 e. The largest absolute Gasteiger partial charge is 0.493 e. The number of anilines is 1. The van der Waals surface area contributed by atoms with Crippen molar-refractivity contribution < 1.29 is 14.3 Å². The van der Waals surface area contributed by atoms with Crippen LogP contribution in [0.15, 0.2) is 46.3 Å². The van der Waals surface area contributed by atoms with Crippen LogP contribution in [0.25, 0.3) is 11.3 Å². The Morgan fingerprint density at radius 3 is 2.65 bits per heavy atom. The summed E-state index contributed by atoms with van der Waals surface area (Å²) in [6.45, 7) is 0. The molecule has 0 atom stereocenters. The summed E-state index contributed by atoms with van der Waals surface area (Å²) in [6, 6.07) is 10.6. The molecule has 0 saturated heterocycles. The van der Waals surface area contributed by atoms with Gasteiger partial charge in [0.25, 0.3) is 5.91 Å². The van der Waals surface area contributed by atoms with Crippen molar-refractivity contribution in [3.05, 3.63) is 56.8 Å². The highest BCUT2D eigenvalue weighted by atomic mass is 79.9. The third-order valence-corrected chi connectivity index (χ3v) is 5.16. The first-order chi connectivity index (χ1) is 12.5. The van der Waals surface area contributed by atoms with Crippen LogP contribution in [-0.2, 0) is 0 Å². The molecule has 0 bridgehead atoms. The Hall–Kier alpha value is -2.09. The standard InChI is InChI=1S/C18H14BrClN2O3S/c1-24-15-6-3-10(7-16(15)25-2)14-9-26-18(21-14)22-17(23)12-8-11(19)4-5-13(12)20/h3-9H,1-2H3,(H,21,22,23). The molecular weight excluding hydrogens is 440 g/mol. The van der Waals surface area contributed by atoms with E-state index in [1.54, 1.807) is 32.4 Å². The van der Waals surface area contributed by atoms with Crippen molar-refractivity contribution in [2.45, 2.75) is 0 Å². The van der Waals surface area contributed by atoms with Crippen LogP contribution in [-0.4, -0.2) is 25.1 Å². The summed E-state index contributed by atoms with van der Waals surface area (Å²) in [5.74, 6) is 0.943. The second kappa shape index (κ2) is 8.07. The average Bonchev–Trinajstić information content (AvgIpc) is 3.11. The van der Waals surface area contributed by atoms with Gasteiger partial charge in [0, 0.05) is 15.4 Å². The highest BCUT2D eigenvalue weighted by Crippen LogP contribution is 2.33. The molecule has 3 rings (SSSR count). The molecule has 1 amide bonds. The van der Waals surface area contributed by atoms with Gasteiger partial charge in [0.05, 0.1) is 30.5 Å². The SMILES string of the molecule is COc1ccc(-c2csc(NC(=O)c3cc(Br)ccc3Cl)n2)cc1OC. The molecule has 0 spiro atoms. The van der Waals surface area contributed by atoms with Crippen molar-refractivity contribution in [3.8, 4) is 22.8 Å². The van der Waals surface area contributed by atoms with Crippen molar-refractivity contribution in [3.63, 3.8) is 0 Å². The number of thiazole rings is 1. The van der Waals surface area contributed by atoms with E-state index in [-0.39, 0.29) is 5.91 Å². The van der Waals surface area contributed by atoms with Crippen LogP contribution in [0, 0.1) is 0 Å². The zero-order chi connectivity index (χ0) is 18.7. The highest BCUT2D eigenvalue weighted by Gasteiger charge is 2.14. The molecule has 1 heterocycles. The van der Waals surface area contributed by atoms with Crippen LogP contribution in [0.1, 0.15) is 10.4 Å². The van der Waals surface area contributed by atoms with E-state index in [9.17, 15) is 4.79 Å². The topological polar surface area (TPSA) is 60.5 Å². The Balaban J connectivity index is 1.82. The summed E-state index contributed by atoms with van der Waals surface area (Å²) in [4.78, 5) is 16.9. The van der Waals surface area contributed by atoms with E-state index in [1.165, 1.54) is 11.3 Å². The van der Waals surface area contributed by atoms with E-state index in [0.29, 0.717) is 27.2 Å². The summed E-state index contributed by atoms with van der Waals surface area (Å²) in [5, 5.41) is 5.49. The maximum absolute atomic E-state index is 12.4. The monoisotopic (exact) mass is 452 g/mol. The number of carbonyl (C=O) groups excluding carboxylic acids is 1. The first kappa shape index (κ1) is 18.7. The molecule has 8 heteroatoms. The molecule has 0 aliphatic rings. The lowest BCUT2D eigenvalue weighted by molar-refractivity contribution is 0.102. The molecule has 134 valence electrons. The number of nitrogens with zero attached hydrogens (tertiary/aromatic N) is 1. The minimum absolute atomic E-state index is 0.315. The number of methoxy groups -OCH3 is 2. The Labute approximate surface area is 168 Å². The number of nitrogens with one attached hydrogen (secondary N) is 1. The second-order valence-electron chi connectivity index (χ2n) is 5.19. The number of aromatic nitrogens is 1. The van der Waals surface area contributed by atoms with Gasteiger partial charge in [-0.15, -0.1) is 11.3 Å². The van der Waals surface area contributed by atoms with E-state index in [0.717, 1.165) is 15.7 Å². The number of rotatable bonds is 5. The van der Waals surface area contributed by atoms with Crippen LogP contribution in [0.3, 0.4) is 0 Å². The molecule has 0 unspecified atom stereocenters. The predicted octanol–water partition coefficient (Wildman–Crippen LogP) is 5.50. The molecule has 0 aliphatic carbocycles. The molecule has 3 aromatic rings. The van der Waals surface area contributed by atoms with E-state index >= 15 is 0 Å². The van der Waals surface area contributed by atoms with Gasteiger partial charge >= 0.3 is 0 Å². The Morgan fingerprint density at radius 2 is 1.92 bits per heavy atom. The van der Waals surface area contributed by atoms with E-state index in [1.807, 2.05) is 23.6 Å². The predicted molar refractivity (Wildman–Crippen MR) is 108 cm³/mol. The zero-order valence-corrected chi connectivity index (χ0v) is 17.0. The minimum Gasteiger partial charge on any atom is -0.493 e. The van der Waals surface area contributed by atoms with Gasteiger partial charge in [-0.2, -0.15) is 0 Å². The normalized spacial score (nSPS) is 10.5. The maximum atomic E-state index is 12.4. The van der Waals surface area contributed by atoms with Gasteiger partial charge < -0.3 is 9.47 Å². The van der Waals surface area contributed by atoms with E-state index in [2.05, 4.69) is 26.2 Å². The van der Waals surface area contributed by atoms with Gasteiger partial charge in [0.15, 0.2) is 16.6 Å². The lowest BCUT2D eigenvalue weighted by Gasteiger charge is -2.08. The minimum atomic E-state index is -0.315. The summed E-state index contributed by atoms with van der Waals surface area (Å²) in [5.41, 5.74) is 1.97. The molecular formula is C18H14BrClN2O3S. The number of benzene rings is 2. The van der Waals surface area contributed by atoms with Gasteiger partial charge in [-0.1, -0.05) is 27.5 Å². The van der Waals surface area contributed by atoms with Gasteiger partial charge in [-0.25, -0.2) is 4.98 Å². The molecule has 0 fully saturated rings. The Kier molecular flexibility index (Phi) is 5.80. The van der Waals surface area contributed by atoms with Crippen LogP contribution < -0.4 is 14.8 Å². The van der Waals surface area contributed by atoms with Crippen LogP contribution in [0.4, 0.5) is 5.13 Å². The third kappa shape index (κ3) is 4.00. The fraction of sp³-hybridized carbons (Fsp3) is 0.111. The summed E-state index contributed by atoms with van der Waals surface area (Å²) in [6.07, 6.45) is 0. The van der Waals surface area contributed by atoms with E-state index in [4.69, 9.17) is 21.1 Å². The number of carbonyl (C=O) groups is 1. The third-order valence-electron chi connectivity index (χ3n) is 3.58. The number of hydrogen-bond acceptors (Lipinski definition) is 5. The van der Waals surface area contributed by atoms with Gasteiger partial charge in [0.1, 0.15) is 0 Å². The number of amides is 1. The Morgan fingerprint density at radius 1 is 1.15 bits per heavy atom. The lowest BCUT2D eigenvalue weighted by Crippen LogP contribution is -2.12. The first-order valence-corrected chi connectivity index (χ1v) is 9.51. The molecule has 1 aromatic heterocycles. The fourth-order valence-corrected chi connectivity index (χ4v) is 3.57. The van der Waals surface area contributed by atoms with Gasteiger partial charge in [-0.05, 0) is 36.4 Å². The van der Waals surface area contributed by atoms with E-state index < -0.39 is 0 Å². The molecule has 0 saturated carbocycles. The quantitative estimate of drug-likeness (QED) is 0.554. The maximum Gasteiger partial charge on any atom is 0.258 e. The van der Waals surface area contributed by atoms with Crippen LogP contribution in [0.5, 0.6) is 11.5 Å². The second-order valence-corrected chi connectivity index (χ2v) is 7.37. The molecule has 0 aliphatic heterocycles. The first-order valence-electron chi connectivity index (χ1n) is 7.46. The average molecular weight is 454 g/mol. The number of halogens is 2. The summed E-state index contributed by atoms with van der Waals surface area (Å²) in [7, 11) is 3.16. The van der Waals surface area contributed by atoms with Crippen molar-refractivity contribution in [1.29, 1.82) is 0 Å². The lowest BCUT2D eigenvalue weighted by atomic mass is 10.1. The number of ether oxygens (including phenoxy) is 2. The number of hydrogen-bond donors (Lipinski definition) is 1. The molecule has 0 radical (unpaired) electrons. The molecule has 5 nitrogen and oxygen atoms in total. The highest BCUT2D eigenvalue weighted by molar-refractivity contribution is 9.10. The summed E-state index contributed by atoms with van der Waals surface area (Å²) < 4.78 is 11.3.